The molecule has 1 rings (SSSR count). The number of nitrogens with zero attached hydrogens (tertiary/aromatic N) is 2. The fourth-order valence-corrected chi connectivity index (χ4v) is 1.63. The number of carbonyl (C=O) groups excluding carboxylic acids is 1. The summed E-state index contributed by atoms with van der Waals surface area (Å²) < 4.78 is 0. The zero-order valence-corrected chi connectivity index (χ0v) is 10.5. The highest BCUT2D eigenvalue weighted by Crippen LogP contribution is 2.06. The number of aryl methyl sites for hydroxylation is 1. The third-order valence-corrected chi connectivity index (χ3v) is 2.62. The summed E-state index contributed by atoms with van der Waals surface area (Å²) in [7, 11) is 0. The van der Waals surface area contributed by atoms with Gasteiger partial charge in [-0.05, 0) is 31.9 Å². The van der Waals surface area contributed by atoms with Gasteiger partial charge in [-0.2, -0.15) is 0 Å². The van der Waals surface area contributed by atoms with Crippen molar-refractivity contribution in [1.82, 2.24) is 9.88 Å². The molecule has 0 aliphatic heterocycles. The minimum Gasteiger partial charge on any atom is -0.339 e. The van der Waals surface area contributed by atoms with Gasteiger partial charge < -0.3 is 4.90 Å². The molecule has 4 heteroatoms. The van der Waals surface area contributed by atoms with Crippen LogP contribution in [0.5, 0.6) is 0 Å². The molecule has 0 atom stereocenters. The molecule has 0 radical (unpaired) electrons. The molecule has 16 heavy (non-hydrogen) atoms. The maximum absolute atomic E-state index is 12.1. The minimum atomic E-state index is 0.0313. The van der Waals surface area contributed by atoms with E-state index < -0.39 is 0 Å². The zero-order valence-electron chi connectivity index (χ0n) is 9.74. The summed E-state index contributed by atoms with van der Waals surface area (Å²) in [5.74, 6) is 0.611. The maximum Gasteiger partial charge on any atom is 0.255 e. The molecular weight excluding hydrogens is 224 g/mol. The molecule has 0 aromatic carbocycles. The normalized spacial score (nSPS) is 10.2. The first kappa shape index (κ1) is 13.0. The number of aromatic nitrogens is 1. The van der Waals surface area contributed by atoms with Crippen LogP contribution in [0.1, 0.15) is 29.3 Å². The van der Waals surface area contributed by atoms with Crippen molar-refractivity contribution in [2.45, 2.75) is 20.3 Å². The van der Waals surface area contributed by atoms with E-state index in [1.165, 1.54) is 0 Å². The predicted molar refractivity (Wildman–Crippen MR) is 65.9 cm³/mol. The molecule has 0 saturated carbocycles. The van der Waals surface area contributed by atoms with Crippen molar-refractivity contribution < 1.29 is 4.79 Å². The molecule has 0 saturated heterocycles. The van der Waals surface area contributed by atoms with Gasteiger partial charge in [0.15, 0.2) is 0 Å². The van der Waals surface area contributed by atoms with Crippen LogP contribution in [0.15, 0.2) is 18.5 Å². The van der Waals surface area contributed by atoms with E-state index in [4.69, 9.17) is 11.6 Å². The van der Waals surface area contributed by atoms with Crippen LogP contribution in [0.4, 0.5) is 0 Å². The maximum atomic E-state index is 12.1. The van der Waals surface area contributed by atoms with Gasteiger partial charge >= 0.3 is 0 Å². The van der Waals surface area contributed by atoms with Crippen molar-refractivity contribution in [2.24, 2.45) is 0 Å². The number of pyridine rings is 1. The highest BCUT2D eigenvalue weighted by Gasteiger charge is 2.13. The molecule has 88 valence electrons. The summed E-state index contributed by atoms with van der Waals surface area (Å²) in [4.78, 5) is 17.9. The first-order chi connectivity index (χ1) is 7.69. The van der Waals surface area contributed by atoms with Crippen molar-refractivity contribution in [2.75, 3.05) is 19.0 Å². The first-order valence-corrected chi connectivity index (χ1v) is 5.99. The Labute approximate surface area is 101 Å². The molecule has 0 unspecified atom stereocenters. The highest BCUT2D eigenvalue weighted by molar-refractivity contribution is 6.17. The van der Waals surface area contributed by atoms with Gasteiger partial charge in [0, 0.05) is 31.4 Å². The van der Waals surface area contributed by atoms with Crippen molar-refractivity contribution in [3.05, 3.63) is 29.6 Å². The third-order valence-electron chi connectivity index (χ3n) is 2.35. The molecule has 0 aliphatic carbocycles. The van der Waals surface area contributed by atoms with E-state index in [0.29, 0.717) is 24.5 Å². The standard InChI is InChI=1S/C12H17ClN2O/c1-3-15(6-4-5-13)12(16)11-7-10(2)8-14-9-11/h7-9H,3-6H2,1-2H3. The molecule has 0 aliphatic rings. The fourth-order valence-electron chi connectivity index (χ4n) is 1.51. The summed E-state index contributed by atoms with van der Waals surface area (Å²) in [6, 6.07) is 1.86. The molecule has 0 fully saturated rings. The second-order valence-corrected chi connectivity index (χ2v) is 4.06. The predicted octanol–water partition coefficient (Wildman–Crippen LogP) is 2.48. The number of rotatable bonds is 5. The van der Waals surface area contributed by atoms with Gasteiger partial charge in [0.1, 0.15) is 0 Å². The van der Waals surface area contributed by atoms with Gasteiger partial charge in [0.25, 0.3) is 5.91 Å². The lowest BCUT2D eigenvalue weighted by molar-refractivity contribution is 0.0764. The Morgan fingerprint density at radius 1 is 1.50 bits per heavy atom. The van der Waals surface area contributed by atoms with Crippen molar-refractivity contribution in [3.63, 3.8) is 0 Å². The molecule has 0 bridgehead atoms. The van der Waals surface area contributed by atoms with Crippen LogP contribution < -0.4 is 0 Å². The molecule has 1 aromatic heterocycles. The van der Waals surface area contributed by atoms with Crippen molar-refractivity contribution >= 4 is 17.5 Å². The number of carbonyl (C=O) groups is 1. The van der Waals surface area contributed by atoms with Crippen LogP contribution in [-0.2, 0) is 0 Å². The van der Waals surface area contributed by atoms with E-state index in [2.05, 4.69) is 4.98 Å². The lowest BCUT2D eigenvalue weighted by Crippen LogP contribution is -2.32. The quantitative estimate of drug-likeness (QED) is 0.741. The van der Waals surface area contributed by atoms with E-state index in [1.54, 1.807) is 17.3 Å². The van der Waals surface area contributed by atoms with E-state index in [0.717, 1.165) is 12.0 Å². The van der Waals surface area contributed by atoms with Crippen LogP contribution in [0.25, 0.3) is 0 Å². The van der Waals surface area contributed by atoms with Gasteiger partial charge in [0.2, 0.25) is 0 Å². The molecular formula is C12H17ClN2O. The van der Waals surface area contributed by atoms with Crippen LogP contribution in [-0.4, -0.2) is 34.8 Å². The monoisotopic (exact) mass is 240 g/mol. The van der Waals surface area contributed by atoms with Gasteiger partial charge in [-0.1, -0.05) is 0 Å². The Kier molecular flexibility index (Phi) is 5.26. The van der Waals surface area contributed by atoms with Crippen molar-refractivity contribution in [3.8, 4) is 0 Å². The van der Waals surface area contributed by atoms with Gasteiger partial charge in [0.05, 0.1) is 5.56 Å². The highest BCUT2D eigenvalue weighted by atomic mass is 35.5. The molecule has 1 aromatic rings. The van der Waals surface area contributed by atoms with Crippen LogP contribution in [0.2, 0.25) is 0 Å². The van der Waals surface area contributed by atoms with E-state index in [-0.39, 0.29) is 5.91 Å². The SMILES string of the molecule is CCN(CCCCl)C(=O)c1cncc(C)c1. The topological polar surface area (TPSA) is 33.2 Å². The molecule has 1 heterocycles. The second kappa shape index (κ2) is 6.48. The van der Waals surface area contributed by atoms with Gasteiger partial charge in [-0.3, -0.25) is 9.78 Å². The Balaban J connectivity index is 2.74. The fraction of sp³-hybridized carbons (Fsp3) is 0.500. The molecule has 0 N–H and O–H groups in total. The Morgan fingerprint density at radius 2 is 2.25 bits per heavy atom. The second-order valence-electron chi connectivity index (χ2n) is 3.68. The summed E-state index contributed by atoms with van der Waals surface area (Å²) in [5, 5.41) is 0. The van der Waals surface area contributed by atoms with Crippen molar-refractivity contribution in [1.29, 1.82) is 0 Å². The molecule has 0 spiro atoms. The Bertz CT molecular complexity index is 355. The smallest absolute Gasteiger partial charge is 0.255 e. The molecule has 1 amide bonds. The van der Waals surface area contributed by atoms with E-state index >= 15 is 0 Å². The largest absolute Gasteiger partial charge is 0.339 e. The van der Waals surface area contributed by atoms with Gasteiger partial charge in [-0.15, -0.1) is 11.6 Å². The lowest BCUT2D eigenvalue weighted by atomic mass is 10.2. The Hall–Kier alpha value is -1.09. The Morgan fingerprint density at radius 3 is 2.81 bits per heavy atom. The lowest BCUT2D eigenvalue weighted by Gasteiger charge is -2.20. The molecule has 3 nitrogen and oxygen atoms in total. The number of halogens is 1. The van der Waals surface area contributed by atoms with Crippen LogP contribution in [0.3, 0.4) is 0 Å². The van der Waals surface area contributed by atoms with E-state index in [9.17, 15) is 4.79 Å². The number of amides is 1. The average Bonchev–Trinajstić information content (AvgIpc) is 2.29. The number of alkyl halides is 1. The summed E-state index contributed by atoms with van der Waals surface area (Å²) in [5.41, 5.74) is 1.65. The zero-order chi connectivity index (χ0) is 12.0. The first-order valence-electron chi connectivity index (χ1n) is 5.46. The number of hydrogen-bond acceptors (Lipinski definition) is 2. The minimum absolute atomic E-state index is 0.0313. The van der Waals surface area contributed by atoms with E-state index in [1.807, 2.05) is 19.9 Å². The third kappa shape index (κ3) is 3.49. The number of hydrogen-bond donors (Lipinski definition) is 0. The summed E-state index contributed by atoms with van der Waals surface area (Å²) in [6.45, 7) is 5.30. The van der Waals surface area contributed by atoms with Crippen LogP contribution in [0, 0.1) is 6.92 Å². The van der Waals surface area contributed by atoms with Gasteiger partial charge in [-0.25, -0.2) is 0 Å². The summed E-state index contributed by atoms with van der Waals surface area (Å²) >= 11 is 5.63. The van der Waals surface area contributed by atoms with Crippen LogP contribution >= 0.6 is 11.6 Å². The summed E-state index contributed by atoms with van der Waals surface area (Å²) in [6.07, 6.45) is 4.17. The average molecular weight is 241 g/mol.